The number of carbonyl (C=O) groups excluding carboxylic acids is 3. The molecule has 1 unspecified atom stereocenters. The first-order chi connectivity index (χ1) is 16.7. The first-order valence-corrected chi connectivity index (χ1v) is 12.0. The number of ether oxygens (including phenoxy) is 2. The average molecular weight is 482 g/mol. The largest absolute Gasteiger partial charge is 0.449 e. The van der Waals surface area contributed by atoms with Crippen LogP contribution in [0, 0.1) is 0 Å². The number of rotatable bonds is 9. The fourth-order valence-corrected chi connectivity index (χ4v) is 4.21. The first kappa shape index (κ1) is 26.1. The van der Waals surface area contributed by atoms with Crippen LogP contribution in [0.25, 0.3) is 11.1 Å². The Bertz CT molecular complexity index is 1000. The number of fused-ring (bicyclic) bond motifs is 3. The highest BCUT2D eigenvalue weighted by molar-refractivity contribution is 5.85. The Balaban J connectivity index is 1.41. The number of unbranched alkanes of at least 4 members (excludes halogenated alkanes) is 1. The number of hydrogen-bond acceptors (Lipinski definition) is 5. The molecule has 1 aliphatic carbocycles. The second-order valence-electron chi connectivity index (χ2n) is 9.56. The zero-order chi connectivity index (χ0) is 25.4. The zero-order valence-corrected chi connectivity index (χ0v) is 20.9. The van der Waals surface area contributed by atoms with Gasteiger partial charge in [-0.2, -0.15) is 0 Å². The summed E-state index contributed by atoms with van der Waals surface area (Å²) in [7, 11) is 1.52. The van der Waals surface area contributed by atoms with Gasteiger partial charge in [0, 0.05) is 19.5 Å². The van der Waals surface area contributed by atoms with Gasteiger partial charge in [0.05, 0.1) is 0 Å². The molecule has 188 valence electrons. The molecule has 0 aromatic heterocycles. The van der Waals surface area contributed by atoms with Gasteiger partial charge in [0.15, 0.2) is 0 Å². The Morgan fingerprint density at radius 1 is 0.914 bits per heavy atom. The lowest BCUT2D eigenvalue weighted by molar-refractivity contribution is -0.122. The topological polar surface area (TPSA) is 106 Å². The van der Waals surface area contributed by atoms with E-state index in [1.54, 1.807) is 20.8 Å². The molecule has 0 radical (unpaired) electrons. The van der Waals surface area contributed by atoms with Crippen LogP contribution in [0.4, 0.5) is 9.59 Å². The fourth-order valence-electron chi connectivity index (χ4n) is 4.21. The molecule has 0 aliphatic heterocycles. The maximum Gasteiger partial charge on any atom is 0.408 e. The molecule has 8 nitrogen and oxygen atoms in total. The summed E-state index contributed by atoms with van der Waals surface area (Å²) in [6.45, 7) is 5.95. The second-order valence-corrected chi connectivity index (χ2v) is 9.56. The molecule has 2 aromatic rings. The molecule has 0 heterocycles. The molecule has 1 aliphatic rings. The summed E-state index contributed by atoms with van der Waals surface area (Å²) < 4.78 is 10.8. The van der Waals surface area contributed by atoms with Gasteiger partial charge in [0.2, 0.25) is 5.91 Å². The van der Waals surface area contributed by atoms with Gasteiger partial charge in [0.1, 0.15) is 18.2 Å². The van der Waals surface area contributed by atoms with E-state index in [4.69, 9.17) is 9.47 Å². The molecule has 0 saturated carbocycles. The fraction of sp³-hybridized carbons (Fsp3) is 0.444. The van der Waals surface area contributed by atoms with Gasteiger partial charge in [-0.3, -0.25) is 4.79 Å². The van der Waals surface area contributed by atoms with E-state index in [0.717, 1.165) is 0 Å². The van der Waals surface area contributed by atoms with Crippen LogP contribution in [-0.4, -0.2) is 49.9 Å². The van der Waals surface area contributed by atoms with Crippen molar-refractivity contribution in [3.05, 3.63) is 59.7 Å². The minimum absolute atomic E-state index is 0.0143. The number of benzene rings is 2. The molecule has 3 amide bonds. The van der Waals surface area contributed by atoms with Crippen molar-refractivity contribution < 1.29 is 23.9 Å². The summed E-state index contributed by atoms with van der Waals surface area (Å²) in [6.07, 6.45) is 0.570. The molecule has 35 heavy (non-hydrogen) atoms. The van der Waals surface area contributed by atoms with E-state index in [-0.39, 0.29) is 18.4 Å². The lowest BCUT2D eigenvalue weighted by Crippen LogP contribution is -2.47. The monoisotopic (exact) mass is 481 g/mol. The zero-order valence-electron chi connectivity index (χ0n) is 20.9. The number of likely N-dealkylation sites (N-methyl/N-ethyl adjacent to an activating group) is 1. The molecule has 0 fully saturated rings. The molecule has 1 atom stereocenters. The summed E-state index contributed by atoms with van der Waals surface area (Å²) in [6, 6.07) is 15.7. The minimum Gasteiger partial charge on any atom is -0.449 e. The standard InChI is InChI=1S/C27H35N3O5/c1-27(2,3)35-26(33)30-23(24(31)28-4)15-9-10-16-29-25(32)34-17-22-20-13-7-5-11-18(20)19-12-6-8-14-21(19)22/h5-8,11-14,22-23H,9-10,15-17H2,1-4H3,(H,28,31)(H,29,32)(H,30,33). The molecule has 0 spiro atoms. The quantitative estimate of drug-likeness (QED) is 0.462. The highest BCUT2D eigenvalue weighted by Crippen LogP contribution is 2.44. The third-order valence-corrected chi connectivity index (χ3v) is 5.79. The smallest absolute Gasteiger partial charge is 0.408 e. The highest BCUT2D eigenvalue weighted by atomic mass is 16.6. The molecule has 2 aromatic carbocycles. The lowest BCUT2D eigenvalue weighted by atomic mass is 9.98. The minimum atomic E-state index is -0.704. The Labute approximate surface area is 206 Å². The first-order valence-electron chi connectivity index (χ1n) is 12.0. The van der Waals surface area contributed by atoms with Gasteiger partial charge in [-0.1, -0.05) is 48.5 Å². The Morgan fingerprint density at radius 3 is 2.09 bits per heavy atom. The number of alkyl carbamates (subject to hydrolysis) is 2. The average Bonchev–Trinajstić information content (AvgIpc) is 3.14. The van der Waals surface area contributed by atoms with E-state index in [2.05, 4.69) is 40.2 Å². The predicted octanol–water partition coefficient (Wildman–Crippen LogP) is 4.33. The number of amides is 3. The van der Waals surface area contributed by atoms with Crippen molar-refractivity contribution in [3.8, 4) is 11.1 Å². The van der Waals surface area contributed by atoms with Gasteiger partial charge in [-0.25, -0.2) is 9.59 Å². The van der Waals surface area contributed by atoms with Gasteiger partial charge >= 0.3 is 12.2 Å². The summed E-state index contributed by atoms with van der Waals surface area (Å²) in [5.74, 6) is -0.277. The molecule has 0 bridgehead atoms. The maximum absolute atomic E-state index is 12.3. The van der Waals surface area contributed by atoms with Crippen molar-refractivity contribution in [1.82, 2.24) is 16.0 Å². The summed E-state index contributed by atoms with van der Waals surface area (Å²) >= 11 is 0. The highest BCUT2D eigenvalue weighted by Gasteiger charge is 2.29. The van der Waals surface area contributed by atoms with Crippen molar-refractivity contribution in [3.63, 3.8) is 0 Å². The third kappa shape index (κ3) is 7.21. The molecule has 3 N–H and O–H groups in total. The third-order valence-electron chi connectivity index (χ3n) is 5.79. The molecular weight excluding hydrogens is 446 g/mol. The van der Waals surface area contributed by atoms with Crippen LogP contribution in [0.1, 0.15) is 57.1 Å². The maximum atomic E-state index is 12.3. The van der Waals surface area contributed by atoms with Crippen molar-refractivity contribution >= 4 is 18.1 Å². The van der Waals surface area contributed by atoms with Crippen LogP contribution in [0.2, 0.25) is 0 Å². The van der Waals surface area contributed by atoms with Crippen LogP contribution >= 0.6 is 0 Å². The van der Waals surface area contributed by atoms with Crippen molar-refractivity contribution in [2.45, 2.75) is 57.6 Å². The van der Waals surface area contributed by atoms with Gasteiger partial charge < -0.3 is 25.4 Å². The predicted molar refractivity (Wildman–Crippen MR) is 134 cm³/mol. The van der Waals surface area contributed by atoms with E-state index >= 15 is 0 Å². The Hall–Kier alpha value is -3.55. The van der Waals surface area contributed by atoms with Crippen LogP contribution in [0.5, 0.6) is 0 Å². The van der Waals surface area contributed by atoms with E-state index in [1.165, 1.54) is 29.3 Å². The van der Waals surface area contributed by atoms with E-state index in [0.29, 0.717) is 25.8 Å². The Kier molecular flexibility index (Phi) is 8.73. The van der Waals surface area contributed by atoms with Crippen LogP contribution in [-0.2, 0) is 14.3 Å². The normalized spacial score (nSPS) is 13.3. The van der Waals surface area contributed by atoms with Gasteiger partial charge in [-0.15, -0.1) is 0 Å². The van der Waals surface area contributed by atoms with Crippen molar-refractivity contribution in [2.24, 2.45) is 0 Å². The lowest BCUT2D eigenvalue weighted by Gasteiger charge is -2.23. The molecule has 8 heteroatoms. The summed E-state index contributed by atoms with van der Waals surface area (Å²) in [5, 5.41) is 7.93. The number of hydrogen-bond donors (Lipinski definition) is 3. The molecule has 0 saturated heterocycles. The second kappa shape index (κ2) is 11.7. The SMILES string of the molecule is CNC(=O)C(CCCCNC(=O)OCC1c2ccccc2-c2ccccc21)NC(=O)OC(C)(C)C. The van der Waals surface area contributed by atoms with Gasteiger partial charge in [0.25, 0.3) is 0 Å². The van der Waals surface area contributed by atoms with Crippen molar-refractivity contribution in [1.29, 1.82) is 0 Å². The summed E-state index contributed by atoms with van der Waals surface area (Å²) in [4.78, 5) is 36.4. The summed E-state index contributed by atoms with van der Waals surface area (Å²) in [5.41, 5.74) is 4.05. The van der Waals surface area contributed by atoms with Crippen LogP contribution in [0.3, 0.4) is 0 Å². The Morgan fingerprint density at radius 2 is 1.51 bits per heavy atom. The molecular formula is C27H35N3O5. The van der Waals surface area contributed by atoms with E-state index in [1.807, 2.05) is 24.3 Å². The van der Waals surface area contributed by atoms with Crippen LogP contribution in [0.15, 0.2) is 48.5 Å². The van der Waals surface area contributed by atoms with Gasteiger partial charge in [-0.05, 0) is 62.3 Å². The van der Waals surface area contributed by atoms with Crippen LogP contribution < -0.4 is 16.0 Å². The number of nitrogens with one attached hydrogen (secondary N) is 3. The van der Waals surface area contributed by atoms with Crippen molar-refractivity contribution in [2.75, 3.05) is 20.2 Å². The van der Waals surface area contributed by atoms with E-state index in [9.17, 15) is 14.4 Å². The number of carbonyl (C=O) groups is 3. The molecule has 3 rings (SSSR count). The van der Waals surface area contributed by atoms with E-state index < -0.39 is 23.8 Å².